The number of rotatable bonds is 5. The van der Waals surface area contributed by atoms with Crippen LogP contribution in [0.25, 0.3) is 0 Å². The third-order valence-corrected chi connectivity index (χ3v) is 6.45. The molecule has 0 saturated heterocycles. The predicted molar refractivity (Wildman–Crippen MR) is 82.8 cm³/mol. The van der Waals surface area contributed by atoms with Crippen molar-refractivity contribution in [2.24, 2.45) is 0 Å². The van der Waals surface area contributed by atoms with Crippen LogP contribution in [-0.2, 0) is 15.4 Å². The lowest BCUT2D eigenvalue weighted by atomic mass is 9.93. The molecule has 1 aromatic heterocycles. The predicted octanol–water partition coefficient (Wildman–Crippen LogP) is 1.90. The van der Waals surface area contributed by atoms with E-state index in [0.717, 1.165) is 31.2 Å². The molecule has 1 aliphatic rings. The molecule has 0 aliphatic heterocycles. The fourth-order valence-corrected chi connectivity index (χ4v) is 5.05. The van der Waals surface area contributed by atoms with Gasteiger partial charge in [0.1, 0.15) is 0 Å². The molecule has 0 radical (unpaired) electrons. The SMILES string of the molecule is CC(O)(CNC1CCCCC1S(C)(=O)=O)c1ccsc1. The van der Waals surface area contributed by atoms with Crippen LogP contribution in [0.3, 0.4) is 0 Å². The molecule has 2 rings (SSSR count). The summed E-state index contributed by atoms with van der Waals surface area (Å²) in [5.41, 5.74) is -0.0822. The Morgan fingerprint density at radius 1 is 1.45 bits per heavy atom. The summed E-state index contributed by atoms with van der Waals surface area (Å²) >= 11 is 1.55. The van der Waals surface area contributed by atoms with Crippen LogP contribution in [0.5, 0.6) is 0 Å². The van der Waals surface area contributed by atoms with Crippen molar-refractivity contribution in [1.29, 1.82) is 0 Å². The van der Waals surface area contributed by atoms with Crippen molar-refractivity contribution in [3.63, 3.8) is 0 Å². The summed E-state index contributed by atoms with van der Waals surface area (Å²) in [7, 11) is -3.04. The first kappa shape index (κ1) is 15.9. The van der Waals surface area contributed by atoms with Gasteiger partial charge in [-0.15, -0.1) is 0 Å². The number of aliphatic hydroxyl groups is 1. The van der Waals surface area contributed by atoms with Gasteiger partial charge in [-0.25, -0.2) is 8.42 Å². The van der Waals surface area contributed by atoms with Gasteiger partial charge in [0, 0.05) is 18.8 Å². The molecule has 0 bridgehead atoms. The minimum absolute atomic E-state index is 0.0520. The van der Waals surface area contributed by atoms with Crippen molar-refractivity contribution in [2.45, 2.75) is 49.5 Å². The first-order valence-corrected chi connectivity index (χ1v) is 9.88. The molecule has 20 heavy (non-hydrogen) atoms. The molecule has 4 nitrogen and oxygen atoms in total. The van der Waals surface area contributed by atoms with Crippen LogP contribution in [0.15, 0.2) is 16.8 Å². The van der Waals surface area contributed by atoms with Gasteiger partial charge in [-0.05, 0) is 42.2 Å². The van der Waals surface area contributed by atoms with Crippen molar-refractivity contribution < 1.29 is 13.5 Å². The number of nitrogens with one attached hydrogen (secondary N) is 1. The van der Waals surface area contributed by atoms with E-state index in [9.17, 15) is 13.5 Å². The van der Waals surface area contributed by atoms with E-state index >= 15 is 0 Å². The van der Waals surface area contributed by atoms with E-state index in [-0.39, 0.29) is 11.3 Å². The largest absolute Gasteiger partial charge is 0.384 e. The Morgan fingerprint density at radius 2 is 2.15 bits per heavy atom. The van der Waals surface area contributed by atoms with E-state index in [1.54, 1.807) is 18.3 Å². The van der Waals surface area contributed by atoms with Crippen molar-refractivity contribution in [3.05, 3.63) is 22.4 Å². The summed E-state index contributed by atoms with van der Waals surface area (Å²) in [5, 5.41) is 17.3. The topological polar surface area (TPSA) is 66.4 Å². The maximum absolute atomic E-state index is 11.8. The van der Waals surface area contributed by atoms with Gasteiger partial charge in [0.2, 0.25) is 0 Å². The van der Waals surface area contributed by atoms with E-state index in [4.69, 9.17) is 0 Å². The molecule has 6 heteroatoms. The summed E-state index contributed by atoms with van der Waals surface area (Å²) in [6, 6.07) is 1.85. The molecule has 114 valence electrons. The van der Waals surface area contributed by atoms with Gasteiger partial charge in [-0.1, -0.05) is 12.8 Å². The molecule has 3 atom stereocenters. The highest BCUT2D eigenvalue weighted by Gasteiger charge is 2.34. The first-order chi connectivity index (χ1) is 9.31. The van der Waals surface area contributed by atoms with Crippen molar-refractivity contribution >= 4 is 21.2 Å². The van der Waals surface area contributed by atoms with E-state index in [1.807, 2.05) is 16.8 Å². The van der Waals surface area contributed by atoms with E-state index < -0.39 is 15.4 Å². The van der Waals surface area contributed by atoms with Gasteiger partial charge < -0.3 is 10.4 Å². The Morgan fingerprint density at radius 3 is 2.75 bits per heavy atom. The summed E-state index contributed by atoms with van der Waals surface area (Å²) in [4.78, 5) is 0. The first-order valence-electron chi connectivity index (χ1n) is 6.98. The van der Waals surface area contributed by atoms with Gasteiger partial charge in [0.25, 0.3) is 0 Å². The Balaban J connectivity index is 2.01. The van der Waals surface area contributed by atoms with E-state index in [1.165, 1.54) is 6.26 Å². The van der Waals surface area contributed by atoms with Crippen LogP contribution in [0.4, 0.5) is 0 Å². The van der Waals surface area contributed by atoms with Crippen molar-refractivity contribution in [1.82, 2.24) is 5.32 Å². The summed E-state index contributed by atoms with van der Waals surface area (Å²) in [6.45, 7) is 2.14. The Hall–Kier alpha value is -0.430. The second-order valence-electron chi connectivity index (χ2n) is 5.93. The highest BCUT2D eigenvalue weighted by Crippen LogP contribution is 2.26. The maximum atomic E-state index is 11.8. The maximum Gasteiger partial charge on any atom is 0.151 e. The zero-order valence-electron chi connectivity index (χ0n) is 12.0. The molecular weight excluding hydrogens is 294 g/mol. The number of hydrogen-bond acceptors (Lipinski definition) is 5. The Labute approximate surface area is 125 Å². The quantitative estimate of drug-likeness (QED) is 0.870. The van der Waals surface area contributed by atoms with Gasteiger partial charge >= 0.3 is 0 Å². The average Bonchev–Trinajstić information content (AvgIpc) is 2.90. The fraction of sp³-hybridized carbons (Fsp3) is 0.714. The van der Waals surface area contributed by atoms with Gasteiger partial charge in [-0.3, -0.25) is 0 Å². The fourth-order valence-electron chi connectivity index (χ4n) is 2.85. The minimum atomic E-state index is -3.04. The van der Waals surface area contributed by atoms with Crippen molar-refractivity contribution in [2.75, 3.05) is 12.8 Å². The molecule has 0 amide bonds. The standard InChI is InChI=1S/C14H23NO3S2/c1-14(16,11-7-8-19-9-11)10-15-12-5-3-4-6-13(12)20(2,17)18/h7-9,12-13,15-16H,3-6,10H2,1-2H3. The summed E-state index contributed by atoms with van der Waals surface area (Å²) in [6.07, 6.45) is 4.91. The zero-order valence-corrected chi connectivity index (χ0v) is 13.6. The molecule has 1 heterocycles. The van der Waals surface area contributed by atoms with Crippen LogP contribution >= 0.6 is 11.3 Å². The van der Waals surface area contributed by atoms with Crippen LogP contribution in [0.1, 0.15) is 38.2 Å². The summed E-state index contributed by atoms with van der Waals surface area (Å²) in [5.74, 6) is 0. The van der Waals surface area contributed by atoms with Gasteiger partial charge in [0.15, 0.2) is 9.84 Å². The lowest BCUT2D eigenvalue weighted by Crippen LogP contribution is -2.49. The molecule has 1 saturated carbocycles. The average molecular weight is 317 g/mol. The van der Waals surface area contributed by atoms with E-state index in [2.05, 4.69) is 5.32 Å². The van der Waals surface area contributed by atoms with Gasteiger partial charge in [0.05, 0.1) is 10.9 Å². The Bertz CT molecular complexity index is 523. The second-order valence-corrected chi connectivity index (χ2v) is 8.97. The third-order valence-electron chi connectivity index (χ3n) is 4.10. The molecule has 1 fully saturated rings. The molecule has 2 N–H and O–H groups in total. The van der Waals surface area contributed by atoms with Gasteiger partial charge in [-0.2, -0.15) is 11.3 Å². The number of hydrogen-bond donors (Lipinski definition) is 2. The van der Waals surface area contributed by atoms with Crippen LogP contribution in [-0.4, -0.2) is 37.6 Å². The second kappa shape index (κ2) is 6.13. The molecule has 1 aromatic rings. The minimum Gasteiger partial charge on any atom is -0.384 e. The van der Waals surface area contributed by atoms with Crippen LogP contribution in [0.2, 0.25) is 0 Å². The number of thiophene rings is 1. The van der Waals surface area contributed by atoms with Crippen LogP contribution < -0.4 is 5.32 Å². The molecule has 1 aliphatic carbocycles. The highest BCUT2D eigenvalue weighted by atomic mass is 32.2. The molecule has 0 spiro atoms. The Kier molecular flexibility index (Phi) is 4.89. The normalized spacial score (nSPS) is 27.1. The third kappa shape index (κ3) is 3.81. The van der Waals surface area contributed by atoms with Crippen molar-refractivity contribution in [3.8, 4) is 0 Å². The monoisotopic (exact) mass is 317 g/mol. The molecular formula is C14H23NO3S2. The smallest absolute Gasteiger partial charge is 0.151 e. The molecule has 0 aromatic carbocycles. The summed E-state index contributed by atoms with van der Waals surface area (Å²) < 4.78 is 23.7. The van der Waals surface area contributed by atoms with E-state index in [0.29, 0.717) is 6.54 Å². The zero-order chi connectivity index (χ0) is 14.8. The lowest BCUT2D eigenvalue weighted by molar-refractivity contribution is 0.0528. The highest BCUT2D eigenvalue weighted by molar-refractivity contribution is 7.91. The molecule has 3 unspecified atom stereocenters. The van der Waals surface area contributed by atoms with Crippen LogP contribution in [0, 0.1) is 0 Å². The lowest BCUT2D eigenvalue weighted by Gasteiger charge is -2.33. The number of sulfone groups is 1.